The molecule has 39 heavy (non-hydrogen) atoms. The largest absolute Gasteiger partial charge is 0.490 e. The number of pyridine rings is 1. The Morgan fingerprint density at radius 1 is 0.974 bits per heavy atom. The summed E-state index contributed by atoms with van der Waals surface area (Å²) in [5.74, 6) is -2.93. The minimum atomic E-state index is -5.08. The fourth-order valence-corrected chi connectivity index (χ4v) is 5.07. The summed E-state index contributed by atoms with van der Waals surface area (Å²) >= 11 is 0. The van der Waals surface area contributed by atoms with Crippen LogP contribution < -0.4 is 9.62 Å². The number of aromatic carboxylic acids is 1. The van der Waals surface area contributed by atoms with Crippen LogP contribution in [-0.4, -0.2) is 54.8 Å². The summed E-state index contributed by atoms with van der Waals surface area (Å²) in [6.07, 6.45) is -0.911. The first-order chi connectivity index (χ1) is 18.4. The van der Waals surface area contributed by atoms with Gasteiger partial charge in [0.25, 0.3) is 10.0 Å². The Labute approximate surface area is 223 Å². The quantitative estimate of drug-likeness (QED) is 0.376. The second kappa shape index (κ2) is 12.6. The van der Waals surface area contributed by atoms with Crippen molar-refractivity contribution in [2.75, 3.05) is 22.7 Å². The lowest BCUT2D eigenvalue weighted by atomic mass is 9.90. The molecule has 0 bridgehead atoms. The lowest BCUT2D eigenvalue weighted by molar-refractivity contribution is -0.192. The average Bonchev–Trinajstić information content (AvgIpc) is 2.90. The Bertz CT molecular complexity index is 1380. The zero-order chi connectivity index (χ0) is 28.6. The van der Waals surface area contributed by atoms with Crippen LogP contribution in [0.15, 0.2) is 77.8 Å². The van der Waals surface area contributed by atoms with Gasteiger partial charge in [-0.1, -0.05) is 48.5 Å². The fourth-order valence-electron chi connectivity index (χ4n) is 4.00. The molecule has 0 atom stereocenters. The van der Waals surface area contributed by atoms with Crippen LogP contribution in [-0.2, 0) is 21.2 Å². The number of carbonyl (C=O) groups is 2. The summed E-state index contributed by atoms with van der Waals surface area (Å²) in [6, 6.07) is 19.7. The zero-order valence-electron chi connectivity index (χ0n) is 20.5. The predicted molar refractivity (Wildman–Crippen MR) is 137 cm³/mol. The number of aliphatic carboxylic acids is 1. The standard InChI is InChI=1S/C24H25N3O4S.C2HF3O2/c28-24(29)20-16-22(26-32(30,31)21-9-5-2-6-10-21)23(25-17-20)27-13-11-19(12-14-27)15-18-7-3-1-4-8-18;3-2(4,5)1(6)7/h1-10,16-17,19,26H,11-15H2,(H,28,29);(H,6,7). The van der Waals surface area contributed by atoms with E-state index in [-0.39, 0.29) is 16.1 Å². The van der Waals surface area contributed by atoms with E-state index in [1.807, 2.05) is 23.1 Å². The van der Waals surface area contributed by atoms with Gasteiger partial charge in [0.15, 0.2) is 5.82 Å². The number of nitrogens with zero attached hydrogens (tertiary/aromatic N) is 2. The smallest absolute Gasteiger partial charge is 0.478 e. The third-order valence-corrected chi connectivity index (χ3v) is 7.32. The number of nitrogens with one attached hydrogen (secondary N) is 1. The van der Waals surface area contributed by atoms with Gasteiger partial charge < -0.3 is 15.1 Å². The summed E-state index contributed by atoms with van der Waals surface area (Å²) < 4.78 is 60.0. The molecule has 2 heterocycles. The lowest BCUT2D eigenvalue weighted by Gasteiger charge is -2.34. The number of aromatic nitrogens is 1. The first kappa shape index (κ1) is 29.4. The van der Waals surface area contributed by atoms with Gasteiger partial charge in [0.05, 0.1) is 16.1 Å². The minimum absolute atomic E-state index is 0.0709. The van der Waals surface area contributed by atoms with Crippen LogP contribution in [0, 0.1) is 5.92 Å². The molecule has 13 heteroatoms. The Morgan fingerprint density at radius 2 is 1.51 bits per heavy atom. The number of anilines is 2. The third-order valence-electron chi connectivity index (χ3n) is 5.94. The third kappa shape index (κ3) is 8.43. The number of sulfonamides is 1. The maximum atomic E-state index is 12.9. The number of hydrogen-bond acceptors (Lipinski definition) is 6. The van der Waals surface area contributed by atoms with Crippen molar-refractivity contribution in [3.05, 3.63) is 84.1 Å². The van der Waals surface area contributed by atoms with Crippen molar-refractivity contribution in [1.82, 2.24) is 4.98 Å². The Morgan fingerprint density at radius 3 is 2.03 bits per heavy atom. The van der Waals surface area contributed by atoms with Crippen molar-refractivity contribution in [2.24, 2.45) is 5.92 Å². The van der Waals surface area contributed by atoms with Crippen molar-refractivity contribution in [1.29, 1.82) is 0 Å². The van der Waals surface area contributed by atoms with Gasteiger partial charge in [-0.05, 0) is 48.9 Å². The molecule has 2 aromatic carbocycles. The van der Waals surface area contributed by atoms with Gasteiger partial charge >= 0.3 is 18.1 Å². The summed E-state index contributed by atoms with van der Waals surface area (Å²) in [7, 11) is -3.88. The van der Waals surface area contributed by atoms with Crippen molar-refractivity contribution < 1.29 is 41.4 Å². The summed E-state index contributed by atoms with van der Waals surface area (Å²) in [4.78, 5) is 26.8. The molecule has 1 saturated heterocycles. The highest BCUT2D eigenvalue weighted by Crippen LogP contribution is 2.31. The topological polar surface area (TPSA) is 137 Å². The Hall–Kier alpha value is -4.13. The zero-order valence-corrected chi connectivity index (χ0v) is 21.3. The van der Waals surface area contributed by atoms with Crippen LogP contribution >= 0.6 is 0 Å². The van der Waals surface area contributed by atoms with Crippen molar-refractivity contribution >= 4 is 33.5 Å². The van der Waals surface area contributed by atoms with E-state index in [0.29, 0.717) is 11.7 Å². The van der Waals surface area contributed by atoms with E-state index in [0.717, 1.165) is 32.4 Å². The molecular weight excluding hydrogens is 539 g/mol. The van der Waals surface area contributed by atoms with Gasteiger partial charge in [0.2, 0.25) is 0 Å². The highest BCUT2D eigenvalue weighted by molar-refractivity contribution is 7.92. The van der Waals surface area contributed by atoms with Crippen LogP contribution in [0.3, 0.4) is 0 Å². The number of piperidine rings is 1. The van der Waals surface area contributed by atoms with Crippen LogP contribution in [0.5, 0.6) is 0 Å². The maximum Gasteiger partial charge on any atom is 0.490 e. The monoisotopic (exact) mass is 565 g/mol. The molecule has 1 aliphatic rings. The van der Waals surface area contributed by atoms with Gasteiger partial charge in [-0.3, -0.25) is 4.72 Å². The molecule has 0 radical (unpaired) electrons. The first-order valence-electron chi connectivity index (χ1n) is 11.8. The number of halogens is 3. The number of hydrogen-bond donors (Lipinski definition) is 3. The number of alkyl halides is 3. The molecule has 0 amide bonds. The molecule has 208 valence electrons. The molecule has 0 saturated carbocycles. The van der Waals surface area contributed by atoms with E-state index in [1.54, 1.807) is 18.2 Å². The SMILES string of the molecule is O=C(O)C(F)(F)F.O=C(O)c1cnc(N2CCC(Cc3ccccc3)CC2)c(NS(=O)(=O)c2ccccc2)c1. The molecule has 9 nitrogen and oxygen atoms in total. The minimum Gasteiger partial charge on any atom is -0.478 e. The van der Waals surface area contributed by atoms with Crippen LogP contribution in [0.2, 0.25) is 0 Å². The number of benzene rings is 2. The molecule has 3 aromatic rings. The van der Waals surface area contributed by atoms with Gasteiger partial charge in [-0.25, -0.2) is 23.0 Å². The molecule has 1 aromatic heterocycles. The van der Waals surface area contributed by atoms with E-state index < -0.39 is 28.1 Å². The molecule has 4 rings (SSSR count). The Balaban J connectivity index is 0.000000532. The van der Waals surface area contributed by atoms with Crippen LogP contribution in [0.1, 0.15) is 28.8 Å². The average molecular weight is 566 g/mol. The van der Waals surface area contributed by atoms with Gasteiger partial charge in [-0.2, -0.15) is 13.2 Å². The summed E-state index contributed by atoms with van der Waals surface area (Å²) in [6.45, 7) is 1.44. The maximum absolute atomic E-state index is 12.9. The van der Waals surface area contributed by atoms with Crippen molar-refractivity contribution in [3.8, 4) is 0 Å². The Kier molecular flexibility index (Phi) is 9.51. The first-order valence-corrected chi connectivity index (χ1v) is 13.3. The number of rotatable bonds is 7. The lowest BCUT2D eigenvalue weighted by Crippen LogP contribution is -2.35. The van der Waals surface area contributed by atoms with E-state index in [1.165, 1.54) is 30.0 Å². The molecular formula is C26H26F3N3O6S. The van der Waals surface area contributed by atoms with Crippen LogP contribution in [0.4, 0.5) is 24.7 Å². The molecule has 0 spiro atoms. The predicted octanol–water partition coefficient (Wildman–Crippen LogP) is 4.67. The van der Waals surface area contributed by atoms with Crippen molar-refractivity contribution in [3.63, 3.8) is 0 Å². The van der Waals surface area contributed by atoms with E-state index >= 15 is 0 Å². The second-order valence-electron chi connectivity index (χ2n) is 8.74. The van der Waals surface area contributed by atoms with E-state index in [9.17, 15) is 31.5 Å². The van der Waals surface area contributed by atoms with E-state index in [4.69, 9.17) is 9.90 Å². The van der Waals surface area contributed by atoms with Crippen LogP contribution in [0.25, 0.3) is 0 Å². The van der Waals surface area contributed by atoms with Gasteiger partial charge in [-0.15, -0.1) is 0 Å². The summed E-state index contributed by atoms with van der Waals surface area (Å²) in [5, 5.41) is 16.5. The number of carboxylic acids is 2. The second-order valence-corrected chi connectivity index (χ2v) is 10.4. The summed E-state index contributed by atoms with van der Waals surface area (Å²) in [5.41, 5.74) is 1.42. The molecule has 1 aliphatic heterocycles. The molecule has 1 fully saturated rings. The van der Waals surface area contributed by atoms with Crippen molar-refractivity contribution in [2.45, 2.75) is 30.3 Å². The molecule has 3 N–H and O–H groups in total. The van der Waals surface area contributed by atoms with Gasteiger partial charge in [0, 0.05) is 19.3 Å². The van der Waals surface area contributed by atoms with E-state index in [2.05, 4.69) is 21.8 Å². The van der Waals surface area contributed by atoms with Gasteiger partial charge in [0.1, 0.15) is 0 Å². The number of carboxylic acid groups (broad SMARTS) is 2. The fraction of sp³-hybridized carbons (Fsp3) is 0.269. The normalized spacial score (nSPS) is 14.2. The highest BCUT2D eigenvalue weighted by Gasteiger charge is 2.38. The molecule has 0 unspecified atom stereocenters. The molecule has 0 aliphatic carbocycles. The highest BCUT2D eigenvalue weighted by atomic mass is 32.2.